The van der Waals surface area contributed by atoms with Gasteiger partial charge in [0.25, 0.3) is 0 Å². The molecular weight excluding hydrogens is 268 g/mol. The van der Waals surface area contributed by atoms with Crippen LogP contribution in [0.5, 0.6) is 0 Å². The molecule has 1 aromatic carbocycles. The van der Waals surface area contributed by atoms with Crippen LogP contribution in [0.3, 0.4) is 0 Å². The number of carboxylic acid groups (broad SMARTS) is 1. The van der Waals surface area contributed by atoms with Crippen molar-refractivity contribution in [3.05, 3.63) is 28.8 Å². The second-order valence-electron chi connectivity index (χ2n) is 4.23. The fourth-order valence-electron chi connectivity index (χ4n) is 1.50. The molecule has 1 amide bonds. The van der Waals surface area contributed by atoms with Crippen LogP contribution in [0, 0.1) is 5.92 Å². The van der Waals surface area contributed by atoms with E-state index >= 15 is 0 Å². The normalized spacial score (nSPS) is 11.9. The number of carbonyl (C=O) groups is 2. The summed E-state index contributed by atoms with van der Waals surface area (Å²) in [6.45, 7) is 5.11. The van der Waals surface area contributed by atoms with E-state index in [1.54, 1.807) is 6.92 Å². The zero-order chi connectivity index (χ0) is 14.4. The maximum atomic E-state index is 11.9. The number of aromatic carboxylic acids is 1. The highest BCUT2D eigenvalue weighted by atomic mass is 35.5. The molecule has 0 aliphatic heterocycles. The lowest BCUT2D eigenvalue weighted by Gasteiger charge is -2.13. The van der Waals surface area contributed by atoms with Gasteiger partial charge in [0.05, 0.1) is 5.56 Å². The molecule has 3 N–H and O–H groups in total. The Balaban J connectivity index is 2.76. The molecule has 0 aliphatic rings. The summed E-state index contributed by atoms with van der Waals surface area (Å²) in [6.07, 6.45) is 0. The lowest BCUT2D eigenvalue weighted by molar-refractivity contribution is -0.119. The smallest absolute Gasteiger partial charge is 0.335 e. The highest BCUT2D eigenvalue weighted by molar-refractivity contribution is 6.31. The second kappa shape index (κ2) is 7.11. The van der Waals surface area contributed by atoms with Crippen molar-refractivity contribution >= 4 is 29.2 Å². The van der Waals surface area contributed by atoms with E-state index in [0.717, 1.165) is 6.54 Å². The predicted molar refractivity (Wildman–Crippen MR) is 74.7 cm³/mol. The molecule has 6 heteroatoms. The van der Waals surface area contributed by atoms with Crippen LogP contribution in [-0.4, -0.2) is 30.1 Å². The van der Waals surface area contributed by atoms with Crippen LogP contribution in [-0.2, 0) is 4.79 Å². The molecule has 104 valence electrons. The summed E-state index contributed by atoms with van der Waals surface area (Å²) in [5.74, 6) is -1.48. The lowest BCUT2D eigenvalue weighted by Crippen LogP contribution is -2.30. The predicted octanol–water partition coefficient (Wildman–Crippen LogP) is 2.22. The summed E-state index contributed by atoms with van der Waals surface area (Å²) in [7, 11) is 0. The molecule has 0 aromatic heterocycles. The molecule has 0 bridgehead atoms. The molecule has 0 heterocycles. The average Bonchev–Trinajstić information content (AvgIpc) is 2.34. The van der Waals surface area contributed by atoms with Crippen molar-refractivity contribution in [1.82, 2.24) is 5.32 Å². The molecule has 0 radical (unpaired) electrons. The number of hydrogen-bond donors (Lipinski definition) is 3. The van der Waals surface area contributed by atoms with Gasteiger partial charge in [0.1, 0.15) is 0 Å². The van der Waals surface area contributed by atoms with Crippen molar-refractivity contribution in [2.24, 2.45) is 5.92 Å². The van der Waals surface area contributed by atoms with Crippen molar-refractivity contribution < 1.29 is 14.7 Å². The second-order valence-corrected chi connectivity index (χ2v) is 4.67. The van der Waals surface area contributed by atoms with Crippen LogP contribution in [0.2, 0.25) is 5.02 Å². The third-order valence-corrected chi connectivity index (χ3v) is 2.78. The summed E-state index contributed by atoms with van der Waals surface area (Å²) in [5, 5.41) is 14.9. The van der Waals surface area contributed by atoms with Gasteiger partial charge in [-0.2, -0.15) is 0 Å². The van der Waals surface area contributed by atoms with Crippen molar-refractivity contribution in [2.45, 2.75) is 13.8 Å². The molecule has 0 aliphatic carbocycles. The van der Waals surface area contributed by atoms with Gasteiger partial charge in [-0.05, 0) is 24.7 Å². The van der Waals surface area contributed by atoms with Gasteiger partial charge >= 0.3 is 5.97 Å². The van der Waals surface area contributed by atoms with Crippen molar-refractivity contribution in [3.8, 4) is 0 Å². The Bertz CT molecular complexity index is 477. The maximum absolute atomic E-state index is 11.9. The molecule has 0 saturated heterocycles. The summed E-state index contributed by atoms with van der Waals surface area (Å²) in [4.78, 5) is 22.8. The summed E-state index contributed by atoms with van der Waals surface area (Å²) in [6, 6.07) is 4.24. The number of amides is 1. The van der Waals surface area contributed by atoms with E-state index in [1.807, 2.05) is 6.92 Å². The summed E-state index contributed by atoms with van der Waals surface area (Å²) < 4.78 is 0. The molecular formula is C13H17ClN2O3. The van der Waals surface area contributed by atoms with Gasteiger partial charge in [-0.3, -0.25) is 4.79 Å². The van der Waals surface area contributed by atoms with Gasteiger partial charge in [-0.25, -0.2) is 4.79 Å². The van der Waals surface area contributed by atoms with Crippen LogP contribution in [0.4, 0.5) is 5.69 Å². The molecule has 0 fully saturated rings. The third-order valence-electron chi connectivity index (χ3n) is 2.56. The Labute approximate surface area is 117 Å². The number of carboxylic acids is 1. The number of benzene rings is 1. The molecule has 1 atom stereocenters. The van der Waals surface area contributed by atoms with E-state index in [4.69, 9.17) is 16.7 Å². The largest absolute Gasteiger partial charge is 0.478 e. The Hall–Kier alpha value is -1.59. The standard InChI is InChI=1S/C13H17ClN2O3/c1-3-15-7-8(2)12(17)16-11-5-9(13(18)19)4-10(14)6-11/h4-6,8,15H,3,7H2,1-2H3,(H,16,17)(H,18,19). The number of nitrogens with one attached hydrogen (secondary N) is 2. The Morgan fingerprint density at radius 3 is 2.63 bits per heavy atom. The molecule has 1 unspecified atom stereocenters. The fraction of sp³-hybridized carbons (Fsp3) is 0.385. The van der Waals surface area contributed by atoms with Crippen LogP contribution >= 0.6 is 11.6 Å². The summed E-state index contributed by atoms with van der Waals surface area (Å²) >= 11 is 5.81. The van der Waals surface area contributed by atoms with Gasteiger partial charge in [0.15, 0.2) is 0 Å². The average molecular weight is 285 g/mol. The highest BCUT2D eigenvalue weighted by Gasteiger charge is 2.14. The van der Waals surface area contributed by atoms with Gasteiger partial charge in [0.2, 0.25) is 5.91 Å². The van der Waals surface area contributed by atoms with E-state index in [-0.39, 0.29) is 22.4 Å². The van der Waals surface area contributed by atoms with Crippen LogP contribution in [0.1, 0.15) is 24.2 Å². The van der Waals surface area contributed by atoms with E-state index in [1.165, 1.54) is 18.2 Å². The van der Waals surface area contributed by atoms with Crippen molar-refractivity contribution in [3.63, 3.8) is 0 Å². The number of anilines is 1. The van der Waals surface area contributed by atoms with Crippen molar-refractivity contribution in [2.75, 3.05) is 18.4 Å². The van der Waals surface area contributed by atoms with Gasteiger partial charge in [0, 0.05) is 23.2 Å². The molecule has 1 rings (SSSR count). The zero-order valence-corrected chi connectivity index (χ0v) is 11.6. The number of hydrogen-bond acceptors (Lipinski definition) is 3. The Morgan fingerprint density at radius 1 is 1.37 bits per heavy atom. The van der Waals surface area contributed by atoms with Crippen LogP contribution in [0.25, 0.3) is 0 Å². The van der Waals surface area contributed by atoms with Gasteiger partial charge in [-0.15, -0.1) is 0 Å². The van der Waals surface area contributed by atoms with E-state index in [2.05, 4.69) is 10.6 Å². The first-order valence-corrected chi connectivity index (χ1v) is 6.37. The maximum Gasteiger partial charge on any atom is 0.335 e. The minimum Gasteiger partial charge on any atom is -0.478 e. The molecule has 1 aromatic rings. The number of halogens is 1. The Morgan fingerprint density at radius 2 is 2.05 bits per heavy atom. The molecule has 19 heavy (non-hydrogen) atoms. The number of rotatable bonds is 6. The van der Waals surface area contributed by atoms with Crippen LogP contribution < -0.4 is 10.6 Å². The monoisotopic (exact) mass is 284 g/mol. The molecule has 5 nitrogen and oxygen atoms in total. The SMILES string of the molecule is CCNCC(C)C(=O)Nc1cc(Cl)cc(C(=O)O)c1. The van der Waals surface area contributed by atoms with Gasteiger partial charge in [-0.1, -0.05) is 25.4 Å². The Kier molecular flexibility index (Phi) is 5.79. The molecule has 0 spiro atoms. The van der Waals surface area contributed by atoms with Crippen molar-refractivity contribution in [1.29, 1.82) is 0 Å². The van der Waals surface area contributed by atoms with E-state index in [0.29, 0.717) is 12.2 Å². The molecule has 0 saturated carbocycles. The third kappa shape index (κ3) is 4.89. The topological polar surface area (TPSA) is 78.4 Å². The zero-order valence-electron chi connectivity index (χ0n) is 10.9. The number of carbonyl (C=O) groups excluding carboxylic acids is 1. The lowest BCUT2D eigenvalue weighted by atomic mass is 10.1. The van der Waals surface area contributed by atoms with E-state index in [9.17, 15) is 9.59 Å². The minimum absolute atomic E-state index is 0.0436. The first-order valence-electron chi connectivity index (χ1n) is 5.99. The minimum atomic E-state index is -1.08. The first-order chi connectivity index (χ1) is 8.93. The van der Waals surface area contributed by atoms with E-state index < -0.39 is 5.97 Å². The quantitative estimate of drug-likeness (QED) is 0.748. The summed E-state index contributed by atoms with van der Waals surface area (Å²) in [5.41, 5.74) is 0.431. The van der Waals surface area contributed by atoms with Gasteiger partial charge < -0.3 is 15.7 Å². The first kappa shape index (κ1) is 15.5. The van der Waals surface area contributed by atoms with Crippen LogP contribution in [0.15, 0.2) is 18.2 Å². The fourth-order valence-corrected chi connectivity index (χ4v) is 1.74. The highest BCUT2D eigenvalue weighted by Crippen LogP contribution is 2.19.